The molecule has 0 unspecified atom stereocenters. The van der Waals surface area contributed by atoms with Crippen molar-refractivity contribution >= 4 is 29.5 Å². The molecule has 30 heavy (non-hydrogen) atoms. The summed E-state index contributed by atoms with van der Waals surface area (Å²) in [5, 5.41) is 5.52. The van der Waals surface area contributed by atoms with E-state index in [1.165, 1.54) is 16.9 Å². The van der Waals surface area contributed by atoms with Crippen LogP contribution in [0.15, 0.2) is 21.6 Å². The Kier molecular flexibility index (Phi) is 6.29. The predicted octanol–water partition coefficient (Wildman–Crippen LogP) is 5.06. The van der Waals surface area contributed by atoms with Crippen LogP contribution in [0.5, 0.6) is 0 Å². The normalized spacial score (nSPS) is 14.4. The maximum absolute atomic E-state index is 12.7. The van der Waals surface area contributed by atoms with Crippen LogP contribution in [0.25, 0.3) is 20.5 Å². The summed E-state index contributed by atoms with van der Waals surface area (Å²) in [6.07, 6.45) is 7.83. The number of methoxy groups -OCH3 is 1. The molecule has 1 aliphatic carbocycles. The highest BCUT2D eigenvalue weighted by atomic mass is 32.1. The smallest absolute Gasteiger partial charge is 0.354 e. The quantitative estimate of drug-likeness (QED) is 0.358. The second-order valence-electron chi connectivity index (χ2n) is 9.16. The summed E-state index contributed by atoms with van der Waals surface area (Å²) in [4.78, 5) is 13.7. The standard InChI is InChI=1S/C22H30N2O4SSi/c1-26-13-17-19-16-7-5-6-8-18(16)28-22(25)21(19)29-20(17)15-11-23-24(12-15)14-27-9-10-30(2,3)4/h11-12H,5-10,13-14H2,1-4H3. The lowest BCUT2D eigenvalue weighted by Gasteiger charge is -2.15. The number of rotatable bonds is 8. The molecule has 0 spiro atoms. The fourth-order valence-electron chi connectivity index (χ4n) is 3.94. The first-order chi connectivity index (χ1) is 14.4. The average Bonchev–Trinajstić information content (AvgIpc) is 3.30. The van der Waals surface area contributed by atoms with Crippen LogP contribution in [0.4, 0.5) is 0 Å². The Morgan fingerprint density at radius 2 is 2.07 bits per heavy atom. The van der Waals surface area contributed by atoms with Gasteiger partial charge in [0.1, 0.15) is 17.2 Å². The predicted molar refractivity (Wildman–Crippen MR) is 123 cm³/mol. The molecule has 0 aliphatic heterocycles. The summed E-state index contributed by atoms with van der Waals surface area (Å²) in [6.45, 7) is 8.69. The van der Waals surface area contributed by atoms with E-state index in [2.05, 4.69) is 24.7 Å². The van der Waals surface area contributed by atoms with Gasteiger partial charge in [0.2, 0.25) is 0 Å². The maximum atomic E-state index is 12.7. The van der Waals surface area contributed by atoms with Crippen molar-refractivity contribution in [2.45, 2.75) is 64.7 Å². The number of nitrogens with zero attached hydrogens (tertiary/aromatic N) is 2. The third kappa shape index (κ3) is 4.46. The van der Waals surface area contributed by atoms with Gasteiger partial charge in [-0.1, -0.05) is 19.6 Å². The minimum absolute atomic E-state index is 0.235. The van der Waals surface area contributed by atoms with Crippen molar-refractivity contribution in [3.8, 4) is 10.4 Å². The van der Waals surface area contributed by atoms with E-state index in [1.807, 2.05) is 17.1 Å². The van der Waals surface area contributed by atoms with Gasteiger partial charge in [0.05, 0.1) is 12.8 Å². The Bertz CT molecular complexity index is 1090. The number of aryl methyl sites for hydroxylation is 2. The third-order valence-electron chi connectivity index (χ3n) is 5.53. The van der Waals surface area contributed by atoms with E-state index in [4.69, 9.17) is 13.9 Å². The first-order valence-corrected chi connectivity index (χ1v) is 15.1. The van der Waals surface area contributed by atoms with Crippen molar-refractivity contribution < 1.29 is 13.9 Å². The van der Waals surface area contributed by atoms with Crippen molar-refractivity contribution in [2.75, 3.05) is 13.7 Å². The first-order valence-electron chi connectivity index (χ1n) is 10.6. The third-order valence-corrected chi connectivity index (χ3v) is 8.50. The van der Waals surface area contributed by atoms with Gasteiger partial charge in [0, 0.05) is 55.8 Å². The molecule has 6 nitrogen and oxygen atoms in total. The highest BCUT2D eigenvalue weighted by molar-refractivity contribution is 7.22. The summed E-state index contributed by atoms with van der Waals surface area (Å²) in [7, 11) is 0.594. The van der Waals surface area contributed by atoms with Crippen LogP contribution < -0.4 is 5.63 Å². The highest BCUT2D eigenvalue weighted by Crippen LogP contribution is 2.41. The Morgan fingerprint density at radius 1 is 1.27 bits per heavy atom. The number of hydrogen-bond donors (Lipinski definition) is 0. The van der Waals surface area contributed by atoms with Crippen LogP contribution in [0.3, 0.4) is 0 Å². The van der Waals surface area contributed by atoms with Gasteiger partial charge in [0.25, 0.3) is 0 Å². The van der Waals surface area contributed by atoms with Gasteiger partial charge < -0.3 is 13.9 Å². The Labute approximate surface area is 181 Å². The van der Waals surface area contributed by atoms with E-state index in [1.54, 1.807) is 7.11 Å². The lowest BCUT2D eigenvalue weighted by Crippen LogP contribution is -2.22. The molecule has 0 bridgehead atoms. The lowest BCUT2D eigenvalue weighted by atomic mass is 9.93. The van der Waals surface area contributed by atoms with Gasteiger partial charge >= 0.3 is 5.63 Å². The molecule has 162 valence electrons. The minimum Gasteiger partial charge on any atom is -0.427 e. The van der Waals surface area contributed by atoms with E-state index in [9.17, 15) is 4.79 Å². The fraction of sp³-hybridized carbons (Fsp3) is 0.545. The molecule has 3 aromatic heterocycles. The van der Waals surface area contributed by atoms with E-state index in [0.29, 0.717) is 18.0 Å². The Hall–Kier alpha value is -1.74. The summed E-state index contributed by atoms with van der Waals surface area (Å²) in [6, 6.07) is 1.14. The maximum Gasteiger partial charge on any atom is 0.354 e. The van der Waals surface area contributed by atoms with Crippen LogP contribution >= 0.6 is 11.3 Å². The highest BCUT2D eigenvalue weighted by Gasteiger charge is 2.25. The zero-order chi connectivity index (χ0) is 21.3. The molecule has 0 radical (unpaired) electrons. The first kappa shape index (κ1) is 21.5. The van der Waals surface area contributed by atoms with Crippen molar-refractivity contribution in [3.63, 3.8) is 0 Å². The summed E-state index contributed by atoms with van der Waals surface area (Å²) in [5.41, 5.74) is 3.01. The SMILES string of the molecule is COCc1c(-c2cnn(COCC[Si](C)(C)C)c2)sc2c(=O)oc3c(c12)CCCC3. The molecular weight excluding hydrogens is 416 g/mol. The number of fused-ring (bicyclic) bond motifs is 3. The molecule has 0 saturated heterocycles. The van der Waals surface area contributed by atoms with Crippen molar-refractivity contribution in [1.29, 1.82) is 0 Å². The summed E-state index contributed by atoms with van der Waals surface area (Å²) < 4.78 is 19.5. The van der Waals surface area contributed by atoms with E-state index in [-0.39, 0.29) is 5.63 Å². The largest absolute Gasteiger partial charge is 0.427 e. The molecule has 0 fully saturated rings. The van der Waals surface area contributed by atoms with Crippen LogP contribution in [-0.4, -0.2) is 31.6 Å². The number of aromatic nitrogens is 2. The molecular formula is C22H30N2O4SSi. The molecule has 0 aromatic carbocycles. The second-order valence-corrected chi connectivity index (χ2v) is 15.8. The summed E-state index contributed by atoms with van der Waals surface area (Å²) in [5.74, 6) is 0.854. The van der Waals surface area contributed by atoms with Gasteiger partial charge in [-0.25, -0.2) is 9.48 Å². The Balaban J connectivity index is 1.66. The molecule has 4 rings (SSSR count). The molecule has 0 saturated carbocycles. The monoisotopic (exact) mass is 446 g/mol. The van der Waals surface area contributed by atoms with E-state index >= 15 is 0 Å². The molecule has 0 N–H and O–H groups in total. The number of thiophene rings is 1. The van der Waals surface area contributed by atoms with Crippen LogP contribution in [0.1, 0.15) is 29.7 Å². The van der Waals surface area contributed by atoms with E-state index < -0.39 is 8.07 Å². The molecule has 0 atom stereocenters. The zero-order valence-electron chi connectivity index (χ0n) is 18.2. The molecule has 3 heterocycles. The van der Waals surface area contributed by atoms with Crippen molar-refractivity contribution in [3.05, 3.63) is 39.7 Å². The van der Waals surface area contributed by atoms with Gasteiger partial charge in [-0.2, -0.15) is 5.10 Å². The van der Waals surface area contributed by atoms with Gasteiger partial charge in [-0.15, -0.1) is 11.3 Å². The van der Waals surface area contributed by atoms with Crippen LogP contribution in [-0.2, 0) is 35.7 Å². The minimum atomic E-state index is -1.10. The van der Waals surface area contributed by atoms with Gasteiger partial charge in [0.15, 0.2) is 0 Å². The zero-order valence-corrected chi connectivity index (χ0v) is 20.1. The number of hydrogen-bond acceptors (Lipinski definition) is 6. The van der Waals surface area contributed by atoms with Crippen molar-refractivity contribution in [2.24, 2.45) is 0 Å². The lowest BCUT2D eigenvalue weighted by molar-refractivity contribution is 0.0786. The number of ether oxygens (including phenoxy) is 2. The average molecular weight is 447 g/mol. The van der Waals surface area contributed by atoms with Crippen molar-refractivity contribution in [1.82, 2.24) is 9.78 Å². The van der Waals surface area contributed by atoms with Gasteiger partial charge in [-0.05, 0) is 30.9 Å². The van der Waals surface area contributed by atoms with Crippen LogP contribution in [0.2, 0.25) is 25.7 Å². The summed E-state index contributed by atoms with van der Waals surface area (Å²) >= 11 is 1.49. The second kappa shape index (κ2) is 8.78. The fourth-order valence-corrected chi connectivity index (χ4v) is 5.89. The molecule has 3 aromatic rings. The Morgan fingerprint density at radius 3 is 2.83 bits per heavy atom. The molecule has 8 heteroatoms. The topological polar surface area (TPSA) is 66.5 Å². The van der Waals surface area contributed by atoms with Gasteiger partial charge in [-0.3, -0.25) is 0 Å². The molecule has 1 aliphatic rings. The van der Waals surface area contributed by atoms with E-state index in [0.717, 1.165) is 65.5 Å². The van der Waals surface area contributed by atoms with Crippen LogP contribution in [0, 0.1) is 0 Å². The molecule has 0 amide bonds.